The standard InChI is InChI=1S/C22H25FN2O2/c1-15-3-2-4-16(13-15)14-24-21(26)17-5-7-18(8-6-17)22(27)25-20-11-9-19(23)10-12-20/h2-4,9-13,17-18H,5-8,14H2,1H3,(H,24,26)(H,25,27). The van der Waals surface area contributed by atoms with Gasteiger partial charge < -0.3 is 10.6 Å². The summed E-state index contributed by atoms with van der Waals surface area (Å²) in [6.07, 6.45) is 2.80. The van der Waals surface area contributed by atoms with Gasteiger partial charge in [-0.1, -0.05) is 29.8 Å². The average Bonchev–Trinajstić information content (AvgIpc) is 2.68. The van der Waals surface area contributed by atoms with Crippen LogP contribution in [0, 0.1) is 24.6 Å². The Hall–Kier alpha value is -2.69. The molecule has 1 fully saturated rings. The average molecular weight is 368 g/mol. The Morgan fingerprint density at radius 2 is 1.59 bits per heavy atom. The molecule has 2 aromatic rings. The lowest BCUT2D eigenvalue weighted by molar-refractivity contribution is -0.128. The lowest BCUT2D eigenvalue weighted by Crippen LogP contribution is -2.35. The number of benzene rings is 2. The minimum Gasteiger partial charge on any atom is -0.352 e. The molecule has 0 atom stereocenters. The second-order valence-electron chi connectivity index (χ2n) is 7.25. The molecule has 2 N–H and O–H groups in total. The van der Waals surface area contributed by atoms with Crippen LogP contribution in [-0.4, -0.2) is 11.8 Å². The zero-order chi connectivity index (χ0) is 19.2. The quantitative estimate of drug-likeness (QED) is 0.831. The summed E-state index contributed by atoms with van der Waals surface area (Å²) < 4.78 is 12.9. The largest absolute Gasteiger partial charge is 0.352 e. The van der Waals surface area contributed by atoms with Crippen LogP contribution in [0.25, 0.3) is 0 Å². The Kier molecular flexibility index (Phi) is 6.22. The van der Waals surface area contributed by atoms with Gasteiger partial charge in [-0.25, -0.2) is 4.39 Å². The Balaban J connectivity index is 1.44. The van der Waals surface area contributed by atoms with Crippen LogP contribution in [0.5, 0.6) is 0 Å². The fraction of sp³-hybridized carbons (Fsp3) is 0.364. The molecule has 2 aromatic carbocycles. The van der Waals surface area contributed by atoms with E-state index in [1.54, 1.807) is 12.1 Å². The van der Waals surface area contributed by atoms with Crippen molar-refractivity contribution in [3.63, 3.8) is 0 Å². The van der Waals surface area contributed by atoms with Crippen LogP contribution in [0.15, 0.2) is 48.5 Å². The number of halogens is 1. The second-order valence-corrected chi connectivity index (χ2v) is 7.25. The van der Waals surface area contributed by atoms with E-state index >= 15 is 0 Å². The lowest BCUT2D eigenvalue weighted by atomic mass is 9.81. The molecule has 2 amide bonds. The molecular formula is C22H25FN2O2. The number of carbonyl (C=O) groups excluding carboxylic acids is 2. The Morgan fingerprint density at radius 3 is 2.22 bits per heavy atom. The lowest BCUT2D eigenvalue weighted by Gasteiger charge is -2.27. The van der Waals surface area contributed by atoms with Crippen LogP contribution in [0.3, 0.4) is 0 Å². The summed E-state index contributed by atoms with van der Waals surface area (Å²) >= 11 is 0. The van der Waals surface area contributed by atoms with Gasteiger partial charge in [0.25, 0.3) is 0 Å². The Bertz CT molecular complexity index is 796. The molecule has 1 saturated carbocycles. The number of hydrogen-bond donors (Lipinski definition) is 2. The maximum atomic E-state index is 12.9. The van der Waals surface area contributed by atoms with Crippen molar-refractivity contribution in [2.75, 3.05) is 5.32 Å². The first-order chi connectivity index (χ1) is 13.0. The van der Waals surface area contributed by atoms with Gasteiger partial charge in [-0.15, -0.1) is 0 Å². The number of hydrogen-bond acceptors (Lipinski definition) is 2. The molecule has 0 spiro atoms. The predicted molar refractivity (Wildman–Crippen MR) is 104 cm³/mol. The summed E-state index contributed by atoms with van der Waals surface area (Å²) in [5.41, 5.74) is 2.87. The molecule has 27 heavy (non-hydrogen) atoms. The van der Waals surface area contributed by atoms with E-state index in [2.05, 4.69) is 16.7 Å². The van der Waals surface area contributed by atoms with Crippen LogP contribution < -0.4 is 10.6 Å². The molecule has 5 heteroatoms. The third-order valence-corrected chi connectivity index (χ3v) is 5.13. The Labute approximate surface area is 159 Å². The predicted octanol–water partition coefficient (Wildman–Crippen LogP) is 4.20. The number of rotatable bonds is 5. The first-order valence-electron chi connectivity index (χ1n) is 9.41. The summed E-state index contributed by atoms with van der Waals surface area (Å²) in [7, 11) is 0. The van der Waals surface area contributed by atoms with E-state index in [4.69, 9.17) is 0 Å². The minimum atomic E-state index is -0.329. The first-order valence-corrected chi connectivity index (χ1v) is 9.41. The van der Waals surface area contributed by atoms with Crippen LogP contribution in [0.1, 0.15) is 36.8 Å². The van der Waals surface area contributed by atoms with Crippen molar-refractivity contribution in [3.05, 3.63) is 65.5 Å². The summed E-state index contributed by atoms with van der Waals surface area (Å²) in [6, 6.07) is 13.8. The maximum Gasteiger partial charge on any atom is 0.227 e. The van der Waals surface area contributed by atoms with Gasteiger partial charge in [0.05, 0.1) is 0 Å². The van der Waals surface area contributed by atoms with Crippen LogP contribution in [-0.2, 0) is 16.1 Å². The number of anilines is 1. The SMILES string of the molecule is Cc1cccc(CNC(=O)C2CCC(C(=O)Nc3ccc(F)cc3)CC2)c1. The zero-order valence-electron chi connectivity index (χ0n) is 15.5. The van der Waals surface area contributed by atoms with Gasteiger partial charge >= 0.3 is 0 Å². The second kappa shape index (κ2) is 8.80. The highest BCUT2D eigenvalue weighted by Gasteiger charge is 2.29. The van der Waals surface area contributed by atoms with Crippen molar-refractivity contribution >= 4 is 17.5 Å². The van der Waals surface area contributed by atoms with E-state index in [0.29, 0.717) is 37.9 Å². The highest BCUT2D eigenvalue weighted by Crippen LogP contribution is 2.30. The van der Waals surface area contributed by atoms with Crippen LogP contribution in [0.2, 0.25) is 0 Å². The monoisotopic (exact) mass is 368 g/mol. The van der Waals surface area contributed by atoms with Gasteiger partial charge in [0.1, 0.15) is 5.82 Å². The minimum absolute atomic E-state index is 0.0373. The van der Waals surface area contributed by atoms with E-state index in [9.17, 15) is 14.0 Å². The first kappa shape index (κ1) is 19.1. The van der Waals surface area contributed by atoms with Gasteiger partial charge in [-0.3, -0.25) is 9.59 Å². The fourth-order valence-electron chi connectivity index (χ4n) is 3.55. The van der Waals surface area contributed by atoms with Crippen LogP contribution in [0.4, 0.5) is 10.1 Å². The third-order valence-electron chi connectivity index (χ3n) is 5.13. The normalized spacial score (nSPS) is 19.3. The van der Waals surface area contributed by atoms with Crippen molar-refractivity contribution in [2.45, 2.75) is 39.2 Å². The molecule has 0 aromatic heterocycles. The molecular weight excluding hydrogens is 343 g/mol. The molecule has 0 aliphatic heterocycles. The van der Waals surface area contributed by atoms with E-state index in [1.165, 1.54) is 17.7 Å². The van der Waals surface area contributed by atoms with Crippen molar-refractivity contribution in [1.29, 1.82) is 0 Å². The highest BCUT2D eigenvalue weighted by molar-refractivity contribution is 5.92. The van der Waals surface area contributed by atoms with Gasteiger partial charge in [0, 0.05) is 24.1 Å². The maximum absolute atomic E-state index is 12.9. The number of nitrogens with one attached hydrogen (secondary N) is 2. The van der Waals surface area contributed by atoms with Gasteiger partial charge in [0.15, 0.2) is 0 Å². The van der Waals surface area contributed by atoms with E-state index in [-0.39, 0.29) is 29.5 Å². The third kappa shape index (κ3) is 5.39. The van der Waals surface area contributed by atoms with Crippen molar-refractivity contribution < 1.29 is 14.0 Å². The molecule has 1 aliphatic carbocycles. The molecule has 0 heterocycles. The van der Waals surface area contributed by atoms with Gasteiger partial charge in [-0.2, -0.15) is 0 Å². The molecule has 4 nitrogen and oxygen atoms in total. The topological polar surface area (TPSA) is 58.2 Å². The van der Waals surface area contributed by atoms with Crippen molar-refractivity contribution in [2.24, 2.45) is 11.8 Å². The zero-order valence-corrected chi connectivity index (χ0v) is 15.5. The van der Waals surface area contributed by atoms with E-state index in [1.807, 2.05) is 25.1 Å². The molecule has 0 unspecified atom stereocenters. The Morgan fingerprint density at radius 1 is 0.963 bits per heavy atom. The summed E-state index contributed by atoms with van der Waals surface area (Å²) in [5, 5.41) is 5.84. The molecule has 0 radical (unpaired) electrons. The molecule has 3 rings (SSSR count). The van der Waals surface area contributed by atoms with Crippen molar-refractivity contribution in [3.8, 4) is 0 Å². The molecule has 0 bridgehead atoms. The molecule has 0 saturated heterocycles. The summed E-state index contributed by atoms with van der Waals surface area (Å²) in [6.45, 7) is 2.56. The summed E-state index contributed by atoms with van der Waals surface area (Å²) in [4.78, 5) is 24.8. The fourth-order valence-corrected chi connectivity index (χ4v) is 3.55. The van der Waals surface area contributed by atoms with Crippen molar-refractivity contribution in [1.82, 2.24) is 5.32 Å². The van der Waals surface area contributed by atoms with E-state index in [0.717, 1.165) is 5.56 Å². The number of aryl methyl sites for hydroxylation is 1. The van der Waals surface area contributed by atoms with Gasteiger partial charge in [0.2, 0.25) is 11.8 Å². The molecule has 1 aliphatic rings. The number of amides is 2. The van der Waals surface area contributed by atoms with Crippen LogP contribution >= 0.6 is 0 Å². The smallest absolute Gasteiger partial charge is 0.227 e. The summed E-state index contributed by atoms with van der Waals surface area (Å²) in [5.74, 6) is -0.458. The highest BCUT2D eigenvalue weighted by atomic mass is 19.1. The number of carbonyl (C=O) groups is 2. The van der Waals surface area contributed by atoms with Gasteiger partial charge in [-0.05, 0) is 62.4 Å². The molecule has 142 valence electrons. The van der Waals surface area contributed by atoms with E-state index < -0.39 is 0 Å².